The van der Waals surface area contributed by atoms with Gasteiger partial charge in [0.15, 0.2) is 9.84 Å². The molecule has 4 nitrogen and oxygen atoms in total. The molecule has 0 atom stereocenters. The molecule has 0 aliphatic rings. The lowest BCUT2D eigenvalue weighted by Crippen LogP contribution is -1.96. The van der Waals surface area contributed by atoms with Crippen molar-refractivity contribution in [2.75, 3.05) is 6.26 Å². The fourth-order valence-electron chi connectivity index (χ4n) is 2.98. The molecule has 0 aliphatic heterocycles. The van der Waals surface area contributed by atoms with E-state index in [1.165, 1.54) is 29.7 Å². The highest BCUT2D eigenvalue weighted by Gasteiger charge is 2.17. The molecule has 0 bridgehead atoms. The summed E-state index contributed by atoms with van der Waals surface area (Å²) in [4.78, 5) is 5.85. The van der Waals surface area contributed by atoms with E-state index in [-0.39, 0.29) is 17.3 Å². The Hall–Kier alpha value is -2.55. The summed E-state index contributed by atoms with van der Waals surface area (Å²) in [5, 5.41) is 0.751. The Morgan fingerprint density at radius 1 is 1.00 bits per heavy atom. The van der Waals surface area contributed by atoms with E-state index < -0.39 is 9.84 Å². The normalized spacial score (nSPS) is 11.5. The van der Waals surface area contributed by atoms with Crippen LogP contribution in [0.2, 0.25) is 0 Å². The smallest absolute Gasteiger partial charge is 0.175 e. The third kappa shape index (κ3) is 5.20. The zero-order valence-electron chi connectivity index (χ0n) is 16.4. The van der Waals surface area contributed by atoms with Crippen LogP contribution in [0.15, 0.2) is 82.2 Å². The summed E-state index contributed by atoms with van der Waals surface area (Å²) >= 11 is 4.88. The van der Waals surface area contributed by atoms with E-state index in [0.717, 1.165) is 25.5 Å². The minimum Gasteiger partial charge on any atom is -0.486 e. The van der Waals surface area contributed by atoms with Crippen LogP contribution in [0.5, 0.6) is 5.75 Å². The largest absolute Gasteiger partial charge is 0.486 e. The minimum absolute atomic E-state index is 0.244. The zero-order chi connectivity index (χ0) is 22.0. The summed E-state index contributed by atoms with van der Waals surface area (Å²) in [6.07, 6.45) is 1.17. The third-order valence-electron chi connectivity index (χ3n) is 4.49. The molecule has 4 rings (SSSR count). The molecule has 0 N–H and O–H groups in total. The average molecular weight is 518 g/mol. The second-order valence-corrected chi connectivity index (χ2v) is 10.8. The van der Waals surface area contributed by atoms with E-state index in [4.69, 9.17) is 9.72 Å². The molecule has 0 saturated heterocycles. The number of rotatable bonds is 6. The van der Waals surface area contributed by atoms with Crippen LogP contribution in [0.25, 0.3) is 21.7 Å². The Kier molecular flexibility index (Phi) is 6.22. The molecule has 0 radical (unpaired) electrons. The second kappa shape index (κ2) is 8.90. The van der Waals surface area contributed by atoms with Crippen molar-refractivity contribution in [1.29, 1.82) is 0 Å². The number of benzene rings is 3. The van der Waals surface area contributed by atoms with Crippen molar-refractivity contribution in [3.8, 4) is 27.4 Å². The van der Waals surface area contributed by atoms with Gasteiger partial charge in [0.05, 0.1) is 15.5 Å². The van der Waals surface area contributed by atoms with Crippen LogP contribution in [-0.2, 0) is 16.4 Å². The fraction of sp³-hybridized carbons (Fsp3) is 0.0870. The Morgan fingerprint density at radius 2 is 1.68 bits per heavy atom. The van der Waals surface area contributed by atoms with E-state index in [1.54, 1.807) is 36.4 Å². The highest BCUT2D eigenvalue weighted by atomic mass is 79.9. The van der Waals surface area contributed by atoms with Crippen molar-refractivity contribution in [2.45, 2.75) is 11.5 Å². The number of halogens is 2. The van der Waals surface area contributed by atoms with Gasteiger partial charge in [0.25, 0.3) is 0 Å². The van der Waals surface area contributed by atoms with Gasteiger partial charge in [-0.15, -0.1) is 11.3 Å². The number of sulfone groups is 1. The van der Waals surface area contributed by atoms with E-state index >= 15 is 0 Å². The zero-order valence-corrected chi connectivity index (χ0v) is 19.6. The first-order chi connectivity index (χ1) is 14.8. The Labute approximate surface area is 192 Å². The number of aromatic nitrogens is 1. The van der Waals surface area contributed by atoms with Crippen LogP contribution in [0.4, 0.5) is 4.39 Å². The summed E-state index contributed by atoms with van der Waals surface area (Å²) < 4.78 is 43.8. The van der Waals surface area contributed by atoms with Gasteiger partial charge in [-0.05, 0) is 48.0 Å². The Balaban J connectivity index is 1.71. The van der Waals surface area contributed by atoms with Gasteiger partial charge in [-0.2, -0.15) is 0 Å². The van der Waals surface area contributed by atoms with E-state index in [2.05, 4.69) is 15.9 Å². The summed E-state index contributed by atoms with van der Waals surface area (Å²) in [6.45, 7) is 0.275. The van der Waals surface area contributed by atoms with Crippen molar-refractivity contribution >= 4 is 37.1 Å². The van der Waals surface area contributed by atoms with E-state index in [9.17, 15) is 12.8 Å². The maximum atomic E-state index is 13.4. The molecule has 0 aliphatic carbocycles. The van der Waals surface area contributed by atoms with Gasteiger partial charge < -0.3 is 4.74 Å². The monoisotopic (exact) mass is 517 g/mol. The first-order valence-electron chi connectivity index (χ1n) is 9.24. The Morgan fingerprint density at radius 3 is 2.32 bits per heavy atom. The van der Waals surface area contributed by atoms with Crippen molar-refractivity contribution in [3.63, 3.8) is 0 Å². The van der Waals surface area contributed by atoms with Gasteiger partial charge in [-0.25, -0.2) is 17.8 Å². The van der Waals surface area contributed by atoms with Crippen LogP contribution in [0, 0.1) is 5.82 Å². The van der Waals surface area contributed by atoms with Crippen molar-refractivity contribution in [2.24, 2.45) is 0 Å². The molecule has 0 amide bonds. The topological polar surface area (TPSA) is 56.3 Å². The summed E-state index contributed by atoms with van der Waals surface area (Å²) in [7, 11) is -3.29. The quantitative estimate of drug-likeness (QED) is 0.298. The van der Waals surface area contributed by atoms with Crippen molar-refractivity contribution in [1.82, 2.24) is 4.98 Å². The third-order valence-corrected chi connectivity index (χ3v) is 7.19. The van der Waals surface area contributed by atoms with Gasteiger partial charge in [-0.3, -0.25) is 0 Å². The van der Waals surface area contributed by atoms with Crippen LogP contribution in [-0.4, -0.2) is 19.7 Å². The van der Waals surface area contributed by atoms with Crippen molar-refractivity contribution < 1.29 is 17.5 Å². The molecule has 158 valence electrons. The lowest BCUT2D eigenvalue weighted by molar-refractivity contribution is 0.305. The molecule has 1 aromatic heterocycles. The minimum atomic E-state index is -3.29. The SMILES string of the molecule is CS(=O)(=O)c1ccc(-c2nc(COc3cccc(Br)c3)sc2-c2ccc(F)cc2)cc1. The summed E-state index contributed by atoms with van der Waals surface area (Å²) in [6, 6.07) is 20.4. The van der Waals surface area contributed by atoms with Gasteiger partial charge in [0, 0.05) is 16.3 Å². The predicted octanol–water partition coefficient (Wildman–Crippen LogP) is 6.36. The molecule has 0 spiro atoms. The first kappa shape index (κ1) is 21.7. The Bertz CT molecular complexity index is 1320. The molecule has 4 aromatic rings. The summed E-state index contributed by atoms with van der Waals surface area (Å²) in [5.74, 6) is 0.400. The van der Waals surface area contributed by atoms with Gasteiger partial charge in [-0.1, -0.05) is 46.3 Å². The van der Waals surface area contributed by atoms with Crippen LogP contribution in [0.1, 0.15) is 5.01 Å². The molecule has 0 unspecified atom stereocenters. The second-order valence-electron chi connectivity index (χ2n) is 6.83. The maximum Gasteiger partial charge on any atom is 0.175 e. The number of nitrogens with zero attached hydrogens (tertiary/aromatic N) is 1. The average Bonchev–Trinajstić information content (AvgIpc) is 3.17. The first-order valence-corrected chi connectivity index (χ1v) is 12.7. The number of thiazole rings is 1. The van der Waals surface area contributed by atoms with Gasteiger partial charge in [0.1, 0.15) is 23.2 Å². The molecule has 1 heterocycles. The maximum absolute atomic E-state index is 13.4. The predicted molar refractivity (Wildman–Crippen MR) is 125 cm³/mol. The highest BCUT2D eigenvalue weighted by molar-refractivity contribution is 9.10. The summed E-state index contributed by atoms with van der Waals surface area (Å²) in [5.41, 5.74) is 2.30. The molecular formula is C23H17BrFNO3S2. The van der Waals surface area contributed by atoms with Crippen LogP contribution in [0.3, 0.4) is 0 Å². The van der Waals surface area contributed by atoms with Gasteiger partial charge >= 0.3 is 0 Å². The van der Waals surface area contributed by atoms with Gasteiger partial charge in [0.2, 0.25) is 0 Å². The van der Waals surface area contributed by atoms with E-state index in [0.29, 0.717) is 11.4 Å². The van der Waals surface area contributed by atoms with Crippen LogP contribution < -0.4 is 4.74 Å². The standard InChI is InChI=1S/C23H17BrFNO3S2/c1-31(27,28)20-11-7-15(8-12-20)22-23(16-5-9-18(25)10-6-16)30-21(26-22)14-29-19-4-2-3-17(24)13-19/h2-13H,14H2,1H3. The van der Waals surface area contributed by atoms with E-state index in [1.807, 2.05) is 24.3 Å². The molecule has 3 aromatic carbocycles. The molecule has 31 heavy (non-hydrogen) atoms. The lowest BCUT2D eigenvalue weighted by atomic mass is 10.1. The van der Waals surface area contributed by atoms with Crippen LogP contribution >= 0.6 is 27.3 Å². The molecular weight excluding hydrogens is 501 g/mol. The molecule has 8 heteroatoms. The molecule has 0 saturated carbocycles. The fourth-order valence-corrected chi connectivity index (χ4v) is 4.99. The van der Waals surface area contributed by atoms with Crippen molar-refractivity contribution in [3.05, 3.63) is 88.1 Å². The number of ether oxygens (including phenoxy) is 1. The number of hydrogen-bond acceptors (Lipinski definition) is 5. The molecule has 0 fully saturated rings. The highest BCUT2D eigenvalue weighted by Crippen LogP contribution is 2.37. The lowest BCUT2D eigenvalue weighted by Gasteiger charge is -2.04. The number of hydrogen-bond donors (Lipinski definition) is 0.